The third-order valence-corrected chi connectivity index (χ3v) is 3.00. The molecule has 0 spiro atoms. The molecule has 0 aliphatic rings. The Morgan fingerprint density at radius 1 is 1.11 bits per heavy atom. The van der Waals surface area contributed by atoms with Crippen molar-refractivity contribution in [3.63, 3.8) is 0 Å². The lowest BCUT2D eigenvalue weighted by atomic mass is 10.0. The van der Waals surface area contributed by atoms with E-state index in [1.165, 1.54) is 12.3 Å². The summed E-state index contributed by atoms with van der Waals surface area (Å²) in [6.07, 6.45) is 1.24. The second-order valence-electron chi connectivity index (χ2n) is 4.71. The highest BCUT2D eigenvalue weighted by Crippen LogP contribution is 2.22. The Kier molecular flexibility index (Phi) is 4.51. The maximum Gasteiger partial charge on any atom is 0.141 e. The molecule has 0 fully saturated rings. The zero-order valence-corrected chi connectivity index (χ0v) is 11.7. The van der Waals surface area contributed by atoms with Crippen molar-refractivity contribution >= 4 is 11.6 Å². The Bertz CT molecular complexity index is 477. The first kappa shape index (κ1) is 14.0. The number of pyridine rings is 1. The molecule has 0 amide bonds. The van der Waals surface area contributed by atoms with Crippen molar-refractivity contribution in [2.75, 3.05) is 0 Å². The van der Waals surface area contributed by atoms with Gasteiger partial charge in [-0.15, -0.1) is 0 Å². The highest BCUT2D eigenvalue weighted by molar-refractivity contribution is 6.30. The summed E-state index contributed by atoms with van der Waals surface area (Å²) < 4.78 is 13.0. The Labute approximate surface area is 117 Å². The summed E-state index contributed by atoms with van der Waals surface area (Å²) in [6, 6.07) is 10.9. The SMILES string of the molecule is CC(C)NC(c1ccc(Cl)cc1)c1ccc(F)cn1. The predicted octanol–water partition coefficient (Wildman–Crippen LogP) is 3.96. The second-order valence-corrected chi connectivity index (χ2v) is 5.14. The fraction of sp³-hybridized carbons (Fsp3) is 0.267. The van der Waals surface area contributed by atoms with Gasteiger partial charge in [0.1, 0.15) is 5.82 Å². The molecule has 0 aliphatic carbocycles. The van der Waals surface area contributed by atoms with Gasteiger partial charge in [-0.2, -0.15) is 0 Å². The predicted molar refractivity (Wildman–Crippen MR) is 75.8 cm³/mol. The Hall–Kier alpha value is -1.45. The van der Waals surface area contributed by atoms with Crippen LogP contribution in [0.2, 0.25) is 5.02 Å². The summed E-state index contributed by atoms with van der Waals surface area (Å²) in [6.45, 7) is 4.12. The van der Waals surface area contributed by atoms with Crippen LogP contribution < -0.4 is 5.32 Å². The number of aromatic nitrogens is 1. The van der Waals surface area contributed by atoms with E-state index in [0.717, 1.165) is 11.3 Å². The fourth-order valence-corrected chi connectivity index (χ4v) is 2.02. The van der Waals surface area contributed by atoms with Crippen molar-refractivity contribution in [2.24, 2.45) is 0 Å². The molecule has 2 aromatic rings. The quantitative estimate of drug-likeness (QED) is 0.916. The van der Waals surface area contributed by atoms with Gasteiger partial charge in [0.05, 0.1) is 17.9 Å². The zero-order chi connectivity index (χ0) is 13.8. The van der Waals surface area contributed by atoms with E-state index in [0.29, 0.717) is 5.02 Å². The van der Waals surface area contributed by atoms with Gasteiger partial charge in [-0.3, -0.25) is 4.98 Å². The molecular weight excluding hydrogens is 263 g/mol. The Balaban J connectivity index is 2.35. The molecule has 100 valence electrons. The van der Waals surface area contributed by atoms with Gasteiger partial charge in [0.15, 0.2) is 0 Å². The van der Waals surface area contributed by atoms with Crippen LogP contribution in [0.25, 0.3) is 0 Å². The van der Waals surface area contributed by atoms with Crippen molar-refractivity contribution in [2.45, 2.75) is 25.9 Å². The van der Waals surface area contributed by atoms with Crippen LogP contribution in [-0.4, -0.2) is 11.0 Å². The number of halogens is 2. The number of nitrogens with one attached hydrogen (secondary N) is 1. The number of benzene rings is 1. The first-order chi connectivity index (χ1) is 9.06. The van der Waals surface area contributed by atoms with E-state index in [4.69, 9.17) is 11.6 Å². The topological polar surface area (TPSA) is 24.9 Å². The molecule has 4 heteroatoms. The van der Waals surface area contributed by atoms with Crippen molar-refractivity contribution in [1.82, 2.24) is 10.3 Å². The molecule has 0 radical (unpaired) electrons. The minimum Gasteiger partial charge on any atom is -0.303 e. The first-order valence-electron chi connectivity index (χ1n) is 6.19. The van der Waals surface area contributed by atoms with Crippen LogP contribution in [-0.2, 0) is 0 Å². The van der Waals surface area contributed by atoms with Crippen LogP contribution in [0.3, 0.4) is 0 Å². The summed E-state index contributed by atoms with van der Waals surface area (Å²) in [5, 5.41) is 4.12. The minimum absolute atomic E-state index is 0.0714. The molecule has 1 aromatic heterocycles. The number of rotatable bonds is 4. The smallest absolute Gasteiger partial charge is 0.141 e. The molecule has 1 heterocycles. The molecule has 2 rings (SSSR count). The van der Waals surface area contributed by atoms with Gasteiger partial charge >= 0.3 is 0 Å². The maximum absolute atomic E-state index is 13.0. The molecule has 1 atom stereocenters. The first-order valence-corrected chi connectivity index (χ1v) is 6.57. The average molecular weight is 279 g/mol. The van der Waals surface area contributed by atoms with Gasteiger partial charge < -0.3 is 5.32 Å². The van der Waals surface area contributed by atoms with E-state index in [-0.39, 0.29) is 17.9 Å². The molecule has 2 nitrogen and oxygen atoms in total. The molecule has 19 heavy (non-hydrogen) atoms. The van der Waals surface area contributed by atoms with Crippen LogP contribution >= 0.6 is 11.6 Å². The van der Waals surface area contributed by atoms with Gasteiger partial charge in [0, 0.05) is 11.1 Å². The zero-order valence-electron chi connectivity index (χ0n) is 10.9. The lowest BCUT2D eigenvalue weighted by Crippen LogP contribution is -2.29. The lowest BCUT2D eigenvalue weighted by molar-refractivity contribution is 0.517. The van der Waals surface area contributed by atoms with Crippen molar-refractivity contribution in [3.8, 4) is 0 Å². The highest BCUT2D eigenvalue weighted by Gasteiger charge is 2.16. The maximum atomic E-state index is 13.0. The van der Waals surface area contributed by atoms with Crippen LogP contribution in [0.5, 0.6) is 0 Å². The third-order valence-electron chi connectivity index (χ3n) is 2.75. The summed E-state index contributed by atoms with van der Waals surface area (Å²) in [5.41, 5.74) is 1.84. The van der Waals surface area contributed by atoms with E-state index in [1.807, 2.05) is 24.3 Å². The van der Waals surface area contributed by atoms with Crippen LogP contribution in [0, 0.1) is 5.82 Å². The monoisotopic (exact) mass is 278 g/mol. The van der Waals surface area contributed by atoms with E-state index in [2.05, 4.69) is 24.1 Å². The standard InChI is InChI=1S/C15H16ClFN2/c1-10(2)19-15(11-3-5-12(16)6-4-11)14-8-7-13(17)9-18-14/h3-10,15,19H,1-2H3. The van der Waals surface area contributed by atoms with E-state index in [1.54, 1.807) is 6.07 Å². The molecule has 1 unspecified atom stereocenters. The molecular formula is C15H16ClFN2. The van der Waals surface area contributed by atoms with Gasteiger partial charge in [-0.25, -0.2) is 4.39 Å². The lowest BCUT2D eigenvalue weighted by Gasteiger charge is -2.21. The number of nitrogens with zero attached hydrogens (tertiary/aromatic N) is 1. The summed E-state index contributed by atoms with van der Waals surface area (Å²) in [4.78, 5) is 4.16. The van der Waals surface area contributed by atoms with E-state index >= 15 is 0 Å². The van der Waals surface area contributed by atoms with Crippen LogP contribution in [0.1, 0.15) is 31.1 Å². The van der Waals surface area contributed by atoms with Crippen LogP contribution in [0.15, 0.2) is 42.6 Å². The van der Waals surface area contributed by atoms with Crippen molar-refractivity contribution in [1.29, 1.82) is 0 Å². The minimum atomic E-state index is -0.330. The fourth-order valence-electron chi connectivity index (χ4n) is 1.90. The second kappa shape index (κ2) is 6.13. The summed E-state index contributed by atoms with van der Waals surface area (Å²) in [5.74, 6) is -0.330. The molecule has 0 bridgehead atoms. The number of hydrogen-bond acceptors (Lipinski definition) is 2. The van der Waals surface area contributed by atoms with Crippen molar-refractivity contribution in [3.05, 3.63) is 64.7 Å². The summed E-state index contributed by atoms with van der Waals surface area (Å²) in [7, 11) is 0. The number of hydrogen-bond donors (Lipinski definition) is 1. The van der Waals surface area contributed by atoms with Crippen LogP contribution in [0.4, 0.5) is 4.39 Å². The van der Waals surface area contributed by atoms with E-state index < -0.39 is 0 Å². The molecule has 1 N–H and O–H groups in total. The van der Waals surface area contributed by atoms with E-state index in [9.17, 15) is 4.39 Å². The van der Waals surface area contributed by atoms with Gasteiger partial charge in [0.25, 0.3) is 0 Å². The largest absolute Gasteiger partial charge is 0.303 e. The molecule has 0 saturated heterocycles. The Morgan fingerprint density at radius 2 is 1.79 bits per heavy atom. The van der Waals surface area contributed by atoms with Gasteiger partial charge in [-0.1, -0.05) is 23.7 Å². The third kappa shape index (κ3) is 3.75. The molecule has 0 aliphatic heterocycles. The average Bonchev–Trinajstić information content (AvgIpc) is 2.38. The van der Waals surface area contributed by atoms with Gasteiger partial charge in [-0.05, 0) is 43.7 Å². The summed E-state index contributed by atoms with van der Waals surface area (Å²) >= 11 is 5.90. The normalized spacial score (nSPS) is 12.7. The van der Waals surface area contributed by atoms with Gasteiger partial charge in [0.2, 0.25) is 0 Å². The Morgan fingerprint density at radius 3 is 2.32 bits per heavy atom. The molecule has 1 aromatic carbocycles. The van der Waals surface area contributed by atoms with Crippen molar-refractivity contribution < 1.29 is 4.39 Å². The molecule has 0 saturated carbocycles. The highest BCUT2D eigenvalue weighted by atomic mass is 35.5.